The van der Waals surface area contributed by atoms with Crippen molar-refractivity contribution in [3.05, 3.63) is 22.6 Å². The molecule has 1 fully saturated rings. The summed E-state index contributed by atoms with van der Waals surface area (Å²) in [6.07, 6.45) is 2.49. The molecule has 1 aliphatic rings. The number of carbonyl (C=O) groups excluding carboxylic acids is 11. The summed E-state index contributed by atoms with van der Waals surface area (Å²) in [7, 11) is 9.71. The Morgan fingerprint density at radius 2 is 1.04 bits per heavy atom. The highest BCUT2D eigenvalue weighted by Gasteiger charge is 2.46. The molecule has 1 saturated heterocycles. The van der Waals surface area contributed by atoms with Crippen LogP contribution in [0.25, 0.3) is 10.4 Å². The molecule has 518 valence electrons. The number of nitrogens with zero attached hydrogens (tertiary/aromatic N) is 10. The second kappa shape index (κ2) is 38.9. The molecule has 0 bridgehead atoms. The van der Waals surface area contributed by atoms with E-state index in [1.807, 2.05) is 41.5 Å². The van der Waals surface area contributed by atoms with Crippen LogP contribution in [0, 0.1) is 35.5 Å². The number of carbonyl (C=O) groups is 11. The van der Waals surface area contributed by atoms with Crippen LogP contribution >= 0.6 is 0 Å². The van der Waals surface area contributed by atoms with Crippen LogP contribution in [0.5, 0.6) is 0 Å². The number of hydrogen-bond acceptors (Lipinski definition) is 14. The summed E-state index contributed by atoms with van der Waals surface area (Å²) in [5, 5.41) is 26.6. The number of allylic oxidation sites excluding steroid dienone is 2. The number of rotatable bonds is 20. The molecule has 1 heterocycles. The summed E-state index contributed by atoms with van der Waals surface area (Å²) in [6.45, 7) is 27.1. The third kappa shape index (κ3) is 24.0. The Morgan fingerprint density at radius 3 is 1.54 bits per heavy atom. The maximum Gasteiger partial charge on any atom is 0.246 e. The predicted octanol–water partition coefficient (Wildman–Crippen LogP) is 3.72. The molecule has 1 rings (SSSR count). The zero-order valence-electron chi connectivity index (χ0n) is 58.9. The van der Waals surface area contributed by atoms with Crippen molar-refractivity contribution >= 4 is 65.0 Å². The molecule has 1 aliphatic heterocycles. The topological polar surface area (TPSA) is 337 Å². The van der Waals surface area contributed by atoms with Gasteiger partial charge in [0.15, 0.2) is 0 Å². The van der Waals surface area contributed by atoms with Crippen molar-refractivity contribution in [2.24, 2.45) is 40.6 Å². The monoisotopic (exact) mass is 1290 g/mol. The summed E-state index contributed by atoms with van der Waals surface area (Å²) < 4.78 is 6.12. The molecule has 5 N–H and O–H groups in total. The molecule has 13 atom stereocenters. The fourth-order valence-corrected chi connectivity index (χ4v) is 11.2. The highest BCUT2D eigenvalue weighted by atomic mass is 16.5. The molecular formula is C64H114N14O13. The number of aliphatic hydroxyl groups excluding tert-OH is 1. The molecule has 0 spiro atoms. The van der Waals surface area contributed by atoms with Crippen LogP contribution in [0.3, 0.4) is 0 Å². The van der Waals surface area contributed by atoms with E-state index in [1.165, 1.54) is 82.8 Å². The van der Waals surface area contributed by atoms with Crippen molar-refractivity contribution in [1.82, 2.24) is 55.6 Å². The van der Waals surface area contributed by atoms with Gasteiger partial charge in [0.25, 0.3) is 0 Å². The fraction of sp³-hybridized carbons (Fsp3) is 0.797. The average molecular weight is 1290 g/mol. The zero-order chi connectivity index (χ0) is 70.2. The lowest BCUT2D eigenvalue weighted by Crippen LogP contribution is -2.63. The Balaban J connectivity index is 4.39. The Morgan fingerprint density at radius 1 is 0.560 bits per heavy atom. The van der Waals surface area contributed by atoms with E-state index in [-0.39, 0.29) is 63.0 Å². The molecule has 0 aromatic rings. The lowest BCUT2D eigenvalue weighted by Gasteiger charge is -2.41. The van der Waals surface area contributed by atoms with Crippen molar-refractivity contribution < 1.29 is 62.6 Å². The Hall–Kier alpha value is -6.86. The van der Waals surface area contributed by atoms with Gasteiger partial charge in [-0.05, 0) is 114 Å². The van der Waals surface area contributed by atoms with E-state index in [1.54, 1.807) is 67.5 Å². The quantitative estimate of drug-likeness (QED) is 0.0382. The molecule has 27 heteroatoms. The number of azide groups is 1. The molecule has 0 saturated carbocycles. The molecule has 0 radical (unpaired) electrons. The fourth-order valence-electron chi connectivity index (χ4n) is 11.2. The second-order valence-corrected chi connectivity index (χ2v) is 26.6. The standard InChI is InChI=1S/C64H114N14O13/c1-24-26-29-41(13)54(80)53-58(84)69-45(25-2)60(86)72(17)35-49(79)76(21)52(44(16)91-31-28-27-30-66-71-65)57(83)70-50(39(9)10)63(89)73(18)46(32-36(3)4)56(82)67-42(14)55(81)68-43(15)59(85)74(19)47(33-37(5)6)61(87)75(20)48(34-38(7)8)62(88)77(22)51(40(11)12)64(90)78(53)23/h24,26,36-48,50-54,80H,25,27-35H2,1-23H3,(H,67,82)(H,68,81)(H,69,84)(H,70,83)/b26-24+/t41-,42+,43+,44-,45+,46-,47+,48-,50+,51+,52+,53+,54-/m1/s1. The first-order valence-corrected chi connectivity index (χ1v) is 32.2. The van der Waals surface area contributed by atoms with Crippen LogP contribution < -0.4 is 21.3 Å². The van der Waals surface area contributed by atoms with Crippen molar-refractivity contribution in [3.63, 3.8) is 0 Å². The van der Waals surface area contributed by atoms with Crippen molar-refractivity contribution in [3.8, 4) is 0 Å². The van der Waals surface area contributed by atoms with Gasteiger partial charge in [-0.2, -0.15) is 0 Å². The summed E-state index contributed by atoms with van der Waals surface area (Å²) in [5.74, 6) is -10.4. The lowest BCUT2D eigenvalue weighted by atomic mass is 9.91. The minimum Gasteiger partial charge on any atom is -0.390 e. The van der Waals surface area contributed by atoms with Gasteiger partial charge in [-0.3, -0.25) is 52.7 Å². The lowest BCUT2D eigenvalue weighted by molar-refractivity contribution is -0.157. The van der Waals surface area contributed by atoms with Gasteiger partial charge in [0, 0.05) is 67.4 Å². The van der Waals surface area contributed by atoms with E-state index in [9.17, 15) is 48.3 Å². The van der Waals surface area contributed by atoms with Crippen LogP contribution in [-0.4, -0.2) is 246 Å². The smallest absolute Gasteiger partial charge is 0.246 e. The van der Waals surface area contributed by atoms with Crippen LogP contribution in [-0.2, 0) is 57.5 Å². The highest BCUT2D eigenvalue weighted by molar-refractivity contribution is 5.99. The van der Waals surface area contributed by atoms with Gasteiger partial charge in [-0.1, -0.05) is 100 Å². The highest BCUT2D eigenvalue weighted by Crippen LogP contribution is 2.26. The Labute approximate surface area is 541 Å². The van der Waals surface area contributed by atoms with E-state index in [0.717, 1.165) is 14.7 Å². The van der Waals surface area contributed by atoms with E-state index < -0.39 is 162 Å². The molecule has 0 aliphatic carbocycles. The van der Waals surface area contributed by atoms with E-state index in [4.69, 9.17) is 10.3 Å². The van der Waals surface area contributed by atoms with Gasteiger partial charge in [0.2, 0.25) is 65.0 Å². The number of unbranched alkanes of at least 4 members (excludes halogenated alkanes) is 1. The molecule has 0 aromatic heterocycles. The van der Waals surface area contributed by atoms with Crippen molar-refractivity contribution in [1.29, 1.82) is 0 Å². The molecule has 11 amide bonds. The molecule has 0 unspecified atom stereocenters. The average Bonchev–Trinajstić information content (AvgIpc) is 0.949. The minimum absolute atomic E-state index is 0.0216. The maximum absolute atomic E-state index is 15.2. The number of aliphatic hydroxyl groups is 1. The SMILES string of the molecule is C/C=C/C[C@@H](C)[C@@H](O)[C@H]1C(=O)N[C@@H](CC)C(=O)N(C)CC(=O)N(C)[C@@H]([C@@H](C)OCCCCN=[N+]=[N-])C(=O)N[C@@H](C(C)C)C(=O)N(C)[C@H](CC(C)C)C(=O)N[C@@H](C)C(=O)N[C@@H](C)C(=O)N(C)[C@@H](CC(C)C)C(=O)N(C)[C@H](CC(C)C)C(=O)N(C)[C@@H](C(C)C)C(=O)N1C. The van der Waals surface area contributed by atoms with Gasteiger partial charge < -0.3 is 65.4 Å². The number of likely N-dealkylation sites (N-methyl/N-ethyl adjacent to an activating group) is 7. The molecule has 27 nitrogen and oxygen atoms in total. The second-order valence-electron chi connectivity index (χ2n) is 26.6. The van der Waals surface area contributed by atoms with E-state index in [2.05, 4.69) is 31.3 Å². The van der Waals surface area contributed by atoms with Gasteiger partial charge in [0.1, 0.15) is 60.4 Å². The zero-order valence-corrected chi connectivity index (χ0v) is 58.9. The van der Waals surface area contributed by atoms with Crippen LogP contribution in [0.1, 0.15) is 156 Å². The van der Waals surface area contributed by atoms with Gasteiger partial charge >= 0.3 is 0 Å². The number of nitrogens with one attached hydrogen (secondary N) is 4. The third-order valence-corrected chi connectivity index (χ3v) is 16.8. The summed E-state index contributed by atoms with van der Waals surface area (Å²) >= 11 is 0. The third-order valence-electron chi connectivity index (χ3n) is 16.8. The van der Waals surface area contributed by atoms with Crippen molar-refractivity contribution in [2.45, 2.75) is 228 Å². The number of ether oxygens (including phenoxy) is 1. The molecular weight excluding hydrogens is 1170 g/mol. The van der Waals surface area contributed by atoms with E-state index in [0.29, 0.717) is 12.8 Å². The number of amides is 11. The van der Waals surface area contributed by atoms with Gasteiger partial charge in [-0.25, -0.2) is 0 Å². The summed E-state index contributed by atoms with van der Waals surface area (Å²) in [4.78, 5) is 172. The Kier molecular flexibility index (Phi) is 35.1. The molecule has 0 aromatic carbocycles. The predicted molar refractivity (Wildman–Crippen MR) is 348 cm³/mol. The minimum atomic E-state index is -1.65. The maximum atomic E-state index is 15.2. The first kappa shape index (κ1) is 82.2. The largest absolute Gasteiger partial charge is 0.390 e. The van der Waals surface area contributed by atoms with Crippen LogP contribution in [0.4, 0.5) is 0 Å². The first-order chi connectivity index (χ1) is 42.3. The summed E-state index contributed by atoms with van der Waals surface area (Å²) in [5.41, 5.74) is 8.77. The van der Waals surface area contributed by atoms with Gasteiger partial charge in [-0.15, -0.1) is 0 Å². The summed E-state index contributed by atoms with van der Waals surface area (Å²) in [6, 6.07) is -13.0. The van der Waals surface area contributed by atoms with E-state index >= 15 is 9.59 Å². The van der Waals surface area contributed by atoms with Crippen LogP contribution in [0.2, 0.25) is 0 Å². The van der Waals surface area contributed by atoms with Gasteiger partial charge in [0.05, 0.1) is 18.8 Å². The Bertz CT molecular complexity index is 2540. The molecule has 91 heavy (non-hydrogen) atoms. The van der Waals surface area contributed by atoms with Crippen LogP contribution in [0.15, 0.2) is 17.3 Å². The number of hydrogen-bond donors (Lipinski definition) is 5. The first-order valence-electron chi connectivity index (χ1n) is 32.2. The van der Waals surface area contributed by atoms with Crippen molar-refractivity contribution in [2.75, 3.05) is 69.0 Å². The normalized spacial score (nSPS) is 26.1.